The molecule has 0 unspecified atom stereocenters. The van der Waals surface area contributed by atoms with Gasteiger partial charge in [0, 0.05) is 34.7 Å². The summed E-state index contributed by atoms with van der Waals surface area (Å²) in [5.74, 6) is 2.26. The minimum atomic E-state index is -0.0546. The van der Waals surface area contributed by atoms with E-state index < -0.39 is 0 Å². The number of benzene rings is 2. The Kier molecular flexibility index (Phi) is 5.42. The Bertz CT molecular complexity index is 1500. The molecule has 0 amide bonds. The highest BCUT2D eigenvalue weighted by molar-refractivity contribution is 9.10. The van der Waals surface area contributed by atoms with Crippen LogP contribution >= 0.6 is 27.5 Å². The van der Waals surface area contributed by atoms with Crippen molar-refractivity contribution in [2.45, 2.75) is 33.1 Å². The van der Waals surface area contributed by atoms with Gasteiger partial charge in [-0.15, -0.1) is 0 Å². The third-order valence-electron chi connectivity index (χ3n) is 5.65. The highest BCUT2D eigenvalue weighted by atomic mass is 79.9. The number of nitrogens with zero attached hydrogens (tertiary/aromatic N) is 3. The Morgan fingerprint density at radius 1 is 0.848 bits per heavy atom. The summed E-state index contributed by atoms with van der Waals surface area (Å²) in [6, 6.07) is 22.3. The largest absolute Gasteiger partial charge is 0.457 e. The zero-order valence-electron chi connectivity index (χ0n) is 18.9. The molecule has 33 heavy (non-hydrogen) atoms. The van der Waals surface area contributed by atoms with Gasteiger partial charge in [0.2, 0.25) is 0 Å². The Balaban J connectivity index is 1.74. The molecule has 0 atom stereocenters. The lowest BCUT2D eigenvalue weighted by Crippen LogP contribution is -2.12. The number of aryl methyl sites for hydroxylation is 1. The average molecular weight is 521 g/mol. The number of aromatic nitrogens is 3. The first-order chi connectivity index (χ1) is 15.7. The number of para-hydroxylation sites is 1. The van der Waals surface area contributed by atoms with Gasteiger partial charge >= 0.3 is 0 Å². The van der Waals surface area contributed by atoms with Gasteiger partial charge in [0.25, 0.3) is 0 Å². The van der Waals surface area contributed by atoms with Crippen molar-refractivity contribution < 1.29 is 4.74 Å². The number of hydrogen-bond acceptors (Lipinski definition) is 3. The summed E-state index contributed by atoms with van der Waals surface area (Å²) >= 11 is 9.93. The molecule has 3 aromatic heterocycles. The van der Waals surface area contributed by atoms with E-state index in [0.29, 0.717) is 5.15 Å². The van der Waals surface area contributed by atoms with E-state index in [9.17, 15) is 0 Å². The molecule has 5 rings (SSSR count). The molecule has 0 aliphatic carbocycles. The van der Waals surface area contributed by atoms with Crippen LogP contribution in [0.3, 0.4) is 0 Å². The molecule has 0 aliphatic heterocycles. The molecule has 0 radical (unpaired) electrons. The molecule has 2 aromatic carbocycles. The summed E-state index contributed by atoms with van der Waals surface area (Å²) in [6.45, 7) is 8.47. The molecule has 0 spiro atoms. The summed E-state index contributed by atoms with van der Waals surface area (Å²) in [5.41, 5.74) is 4.04. The fourth-order valence-corrected chi connectivity index (χ4v) is 4.79. The number of fused-ring (bicyclic) bond motifs is 3. The Morgan fingerprint density at radius 2 is 1.61 bits per heavy atom. The maximum Gasteiger partial charge on any atom is 0.139 e. The second kappa shape index (κ2) is 8.15. The minimum absolute atomic E-state index is 0.0546. The molecular weight excluding hydrogens is 498 g/mol. The predicted molar refractivity (Wildman–Crippen MR) is 139 cm³/mol. The maximum atomic E-state index is 6.48. The molecule has 5 aromatic rings. The molecule has 0 bridgehead atoms. The zero-order chi connectivity index (χ0) is 23.3. The summed E-state index contributed by atoms with van der Waals surface area (Å²) in [7, 11) is 0. The van der Waals surface area contributed by atoms with E-state index in [4.69, 9.17) is 21.3 Å². The van der Waals surface area contributed by atoms with E-state index >= 15 is 0 Å². The van der Waals surface area contributed by atoms with Crippen LogP contribution in [0.15, 0.2) is 71.3 Å². The smallest absolute Gasteiger partial charge is 0.139 e. The summed E-state index contributed by atoms with van der Waals surface area (Å²) < 4.78 is 9.11. The summed E-state index contributed by atoms with van der Waals surface area (Å²) in [4.78, 5) is 9.06. The predicted octanol–water partition coefficient (Wildman–Crippen LogP) is 8.39. The second-order valence-electron chi connectivity index (χ2n) is 9.19. The monoisotopic (exact) mass is 519 g/mol. The average Bonchev–Trinajstić information content (AvgIpc) is 3.05. The van der Waals surface area contributed by atoms with Crippen molar-refractivity contribution in [3.05, 3.63) is 87.7 Å². The number of rotatable bonds is 3. The first kappa shape index (κ1) is 21.9. The van der Waals surface area contributed by atoms with Crippen LogP contribution in [-0.4, -0.2) is 14.5 Å². The van der Waals surface area contributed by atoms with E-state index in [1.54, 1.807) is 0 Å². The minimum Gasteiger partial charge on any atom is -0.457 e. The van der Waals surface area contributed by atoms with Gasteiger partial charge in [0.05, 0.1) is 11.0 Å². The molecule has 166 valence electrons. The third kappa shape index (κ3) is 4.23. The molecule has 0 N–H and O–H groups in total. The van der Waals surface area contributed by atoms with Crippen LogP contribution < -0.4 is 4.74 Å². The standard InChI is InChI=1S/C27H23BrClN3O/c1-16-11-19(15-24(28)30-16)33-18-9-10-21-20-7-5-6-8-22(20)32(23(21)14-18)26-13-17(27(2,3)4)12-25(29)31-26/h5-15H,1-4H3. The molecule has 4 nitrogen and oxygen atoms in total. The lowest BCUT2D eigenvalue weighted by Gasteiger charge is -2.20. The van der Waals surface area contributed by atoms with Crippen molar-refractivity contribution in [1.29, 1.82) is 0 Å². The van der Waals surface area contributed by atoms with E-state index in [2.05, 4.69) is 82.7 Å². The van der Waals surface area contributed by atoms with Crippen LogP contribution in [0.25, 0.3) is 27.6 Å². The van der Waals surface area contributed by atoms with Gasteiger partial charge in [-0.1, -0.05) is 50.6 Å². The van der Waals surface area contributed by atoms with Crippen molar-refractivity contribution in [2.24, 2.45) is 0 Å². The Hall–Kier alpha value is -2.89. The molecule has 0 saturated carbocycles. The second-order valence-corrected chi connectivity index (χ2v) is 10.4. The first-order valence-electron chi connectivity index (χ1n) is 10.7. The van der Waals surface area contributed by atoms with Gasteiger partial charge in [0.1, 0.15) is 27.1 Å². The van der Waals surface area contributed by atoms with Crippen LogP contribution in [0.1, 0.15) is 32.0 Å². The molecule has 0 aliphatic rings. The van der Waals surface area contributed by atoms with Crippen molar-refractivity contribution in [2.75, 3.05) is 0 Å². The number of pyridine rings is 2. The maximum absolute atomic E-state index is 6.48. The molecular formula is C27H23BrClN3O. The third-order valence-corrected chi connectivity index (χ3v) is 6.25. The topological polar surface area (TPSA) is 39.9 Å². The van der Waals surface area contributed by atoms with Crippen molar-refractivity contribution in [3.63, 3.8) is 0 Å². The van der Waals surface area contributed by atoms with E-state index in [1.165, 1.54) is 0 Å². The molecule has 0 fully saturated rings. The van der Waals surface area contributed by atoms with Crippen molar-refractivity contribution >= 4 is 49.3 Å². The van der Waals surface area contributed by atoms with Gasteiger partial charge in [0.15, 0.2) is 0 Å². The van der Waals surface area contributed by atoms with Crippen LogP contribution in [-0.2, 0) is 5.41 Å². The van der Waals surface area contributed by atoms with Crippen LogP contribution in [0, 0.1) is 6.92 Å². The normalized spacial score (nSPS) is 11.9. The van der Waals surface area contributed by atoms with Gasteiger partial charge in [-0.25, -0.2) is 9.97 Å². The first-order valence-corrected chi connectivity index (χ1v) is 11.9. The molecule has 0 saturated heterocycles. The Labute approximate surface area is 206 Å². The fourth-order valence-electron chi connectivity index (χ4n) is 4.08. The molecule has 6 heteroatoms. The summed E-state index contributed by atoms with van der Waals surface area (Å²) in [5, 5.41) is 2.76. The quantitative estimate of drug-likeness (QED) is 0.224. The number of ether oxygens (including phenoxy) is 1. The van der Waals surface area contributed by atoms with Crippen molar-refractivity contribution in [1.82, 2.24) is 14.5 Å². The SMILES string of the molecule is Cc1cc(Oc2ccc3c4ccccc4n(-c4cc(C(C)(C)C)cc(Cl)n4)c3c2)cc(Br)n1. The number of halogens is 2. The van der Waals surface area contributed by atoms with E-state index in [0.717, 1.165) is 55.0 Å². The lowest BCUT2D eigenvalue weighted by atomic mass is 9.88. The van der Waals surface area contributed by atoms with E-state index in [1.807, 2.05) is 37.3 Å². The fraction of sp³-hybridized carbons (Fsp3) is 0.185. The van der Waals surface area contributed by atoms with Gasteiger partial charge in [-0.05, 0) is 64.2 Å². The number of hydrogen-bond donors (Lipinski definition) is 0. The van der Waals surface area contributed by atoms with Gasteiger partial charge in [-0.3, -0.25) is 4.57 Å². The lowest BCUT2D eigenvalue weighted by molar-refractivity contribution is 0.481. The summed E-state index contributed by atoms with van der Waals surface area (Å²) in [6.07, 6.45) is 0. The zero-order valence-corrected chi connectivity index (χ0v) is 21.2. The highest BCUT2D eigenvalue weighted by Gasteiger charge is 2.19. The van der Waals surface area contributed by atoms with Crippen molar-refractivity contribution in [3.8, 4) is 17.3 Å². The highest BCUT2D eigenvalue weighted by Crippen LogP contribution is 2.36. The van der Waals surface area contributed by atoms with Gasteiger partial charge < -0.3 is 4.74 Å². The van der Waals surface area contributed by atoms with E-state index in [-0.39, 0.29) is 5.41 Å². The van der Waals surface area contributed by atoms with Crippen LogP contribution in [0.2, 0.25) is 5.15 Å². The van der Waals surface area contributed by atoms with Gasteiger partial charge in [-0.2, -0.15) is 0 Å². The van der Waals surface area contributed by atoms with Crippen LogP contribution in [0.5, 0.6) is 11.5 Å². The molecule has 3 heterocycles. The Morgan fingerprint density at radius 3 is 2.36 bits per heavy atom. The van der Waals surface area contributed by atoms with Crippen LogP contribution in [0.4, 0.5) is 0 Å².